The molecule has 0 aliphatic carbocycles. The van der Waals surface area contributed by atoms with Crippen LogP contribution in [-0.2, 0) is 6.42 Å². The Balaban J connectivity index is 1.61. The van der Waals surface area contributed by atoms with Crippen molar-refractivity contribution in [2.75, 3.05) is 11.9 Å². The number of benzene rings is 3. The Bertz CT molecular complexity index is 894. The lowest BCUT2D eigenvalue weighted by atomic mass is 10.1. The largest absolute Gasteiger partial charge is 0.493 e. The maximum Gasteiger partial charge on any atom is 0.255 e. The van der Waals surface area contributed by atoms with Gasteiger partial charge in [0.15, 0.2) is 0 Å². The predicted molar refractivity (Wildman–Crippen MR) is 109 cm³/mol. The van der Waals surface area contributed by atoms with Crippen LogP contribution in [0.5, 0.6) is 5.75 Å². The molecule has 0 aliphatic rings. The van der Waals surface area contributed by atoms with E-state index in [0.29, 0.717) is 17.9 Å². The van der Waals surface area contributed by atoms with Crippen LogP contribution in [0.3, 0.4) is 0 Å². The molecule has 0 unspecified atom stereocenters. The van der Waals surface area contributed by atoms with Crippen molar-refractivity contribution in [1.29, 1.82) is 0 Å². The van der Waals surface area contributed by atoms with Gasteiger partial charge >= 0.3 is 0 Å². The summed E-state index contributed by atoms with van der Waals surface area (Å²) in [6.07, 6.45) is 0.827. The normalized spacial score (nSPS) is 10.4. The molecule has 0 saturated heterocycles. The molecule has 0 fully saturated rings. The molecule has 0 saturated carbocycles. The molecular formula is C22H20BrNO2. The lowest BCUT2D eigenvalue weighted by molar-refractivity contribution is 0.102. The number of amides is 1. The Kier molecular flexibility index (Phi) is 6.08. The first-order valence-electron chi connectivity index (χ1n) is 8.46. The summed E-state index contributed by atoms with van der Waals surface area (Å²) in [5.74, 6) is 0.527. The molecule has 0 radical (unpaired) electrons. The third kappa shape index (κ3) is 4.96. The van der Waals surface area contributed by atoms with Crippen LogP contribution >= 0.6 is 15.9 Å². The van der Waals surface area contributed by atoms with Gasteiger partial charge in [0.05, 0.1) is 12.3 Å². The van der Waals surface area contributed by atoms with Crippen molar-refractivity contribution in [3.8, 4) is 5.75 Å². The summed E-state index contributed by atoms with van der Waals surface area (Å²) in [7, 11) is 0. The fourth-order valence-electron chi connectivity index (χ4n) is 2.57. The average Bonchev–Trinajstić information content (AvgIpc) is 2.65. The van der Waals surface area contributed by atoms with Crippen molar-refractivity contribution >= 4 is 27.5 Å². The van der Waals surface area contributed by atoms with Gasteiger partial charge in [-0.25, -0.2) is 0 Å². The zero-order valence-corrected chi connectivity index (χ0v) is 16.1. The monoisotopic (exact) mass is 409 g/mol. The van der Waals surface area contributed by atoms with Crippen LogP contribution in [0, 0.1) is 6.92 Å². The Morgan fingerprint density at radius 2 is 1.81 bits per heavy atom. The van der Waals surface area contributed by atoms with Gasteiger partial charge < -0.3 is 10.1 Å². The van der Waals surface area contributed by atoms with E-state index < -0.39 is 0 Å². The maximum atomic E-state index is 12.5. The maximum absolute atomic E-state index is 12.5. The number of aryl methyl sites for hydroxylation is 1. The van der Waals surface area contributed by atoms with E-state index in [2.05, 4.69) is 33.4 Å². The minimum atomic E-state index is -0.164. The Morgan fingerprint density at radius 1 is 1.00 bits per heavy atom. The van der Waals surface area contributed by atoms with Crippen molar-refractivity contribution in [3.05, 3.63) is 94.0 Å². The topological polar surface area (TPSA) is 38.3 Å². The standard InChI is InChI=1S/C22H20BrNO2/c1-16-10-11-21(20(23)14-16)24-22(25)18-8-5-9-19(15-18)26-13-12-17-6-3-2-4-7-17/h2-11,14-15H,12-13H2,1H3,(H,24,25). The Hall–Kier alpha value is -2.59. The summed E-state index contributed by atoms with van der Waals surface area (Å²) >= 11 is 3.48. The number of carbonyl (C=O) groups is 1. The highest BCUT2D eigenvalue weighted by atomic mass is 79.9. The van der Waals surface area contributed by atoms with Gasteiger partial charge in [-0.15, -0.1) is 0 Å². The van der Waals surface area contributed by atoms with Crippen LogP contribution in [0.1, 0.15) is 21.5 Å². The van der Waals surface area contributed by atoms with E-state index in [1.165, 1.54) is 5.56 Å². The molecule has 0 spiro atoms. The minimum absolute atomic E-state index is 0.164. The number of hydrogen-bond donors (Lipinski definition) is 1. The van der Waals surface area contributed by atoms with Gasteiger partial charge in [-0.05, 0) is 64.3 Å². The van der Waals surface area contributed by atoms with Crippen LogP contribution in [0.15, 0.2) is 77.3 Å². The molecule has 4 heteroatoms. The zero-order valence-electron chi connectivity index (χ0n) is 14.5. The molecular weight excluding hydrogens is 390 g/mol. The molecule has 3 aromatic carbocycles. The summed E-state index contributed by atoms with van der Waals surface area (Å²) in [6.45, 7) is 2.57. The highest BCUT2D eigenvalue weighted by molar-refractivity contribution is 9.10. The molecule has 1 N–H and O–H groups in total. The lowest BCUT2D eigenvalue weighted by Gasteiger charge is -2.10. The molecule has 1 amide bonds. The number of carbonyl (C=O) groups excluding carboxylic acids is 1. The SMILES string of the molecule is Cc1ccc(NC(=O)c2cccc(OCCc3ccccc3)c2)c(Br)c1. The van der Waals surface area contributed by atoms with Crippen LogP contribution in [0.4, 0.5) is 5.69 Å². The van der Waals surface area contributed by atoms with Gasteiger partial charge in [0.2, 0.25) is 0 Å². The van der Waals surface area contributed by atoms with Crippen molar-refractivity contribution in [1.82, 2.24) is 0 Å². The molecule has 0 aromatic heterocycles. The Labute approximate surface area is 162 Å². The molecule has 0 aliphatic heterocycles. The van der Waals surface area contributed by atoms with Gasteiger partial charge in [-0.2, -0.15) is 0 Å². The van der Waals surface area contributed by atoms with Crippen molar-refractivity contribution in [2.24, 2.45) is 0 Å². The van der Waals surface area contributed by atoms with Crippen molar-refractivity contribution < 1.29 is 9.53 Å². The van der Waals surface area contributed by atoms with E-state index in [0.717, 1.165) is 22.1 Å². The number of nitrogens with one attached hydrogen (secondary N) is 1. The molecule has 132 valence electrons. The Morgan fingerprint density at radius 3 is 2.58 bits per heavy atom. The zero-order chi connectivity index (χ0) is 18.4. The molecule has 26 heavy (non-hydrogen) atoms. The van der Waals surface area contributed by atoms with E-state index in [-0.39, 0.29) is 5.91 Å². The van der Waals surface area contributed by atoms with E-state index >= 15 is 0 Å². The smallest absolute Gasteiger partial charge is 0.255 e. The van der Waals surface area contributed by atoms with Gasteiger partial charge in [-0.1, -0.05) is 42.5 Å². The fourth-order valence-corrected chi connectivity index (χ4v) is 3.17. The summed E-state index contributed by atoms with van der Waals surface area (Å²) in [6, 6.07) is 23.2. The average molecular weight is 410 g/mol. The van der Waals surface area contributed by atoms with E-state index in [1.807, 2.05) is 55.5 Å². The third-order valence-corrected chi connectivity index (χ3v) is 4.63. The van der Waals surface area contributed by atoms with E-state index in [4.69, 9.17) is 4.74 Å². The van der Waals surface area contributed by atoms with Crippen LogP contribution in [-0.4, -0.2) is 12.5 Å². The molecule has 3 nitrogen and oxygen atoms in total. The van der Waals surface area contributed by atoms with Crippen LogP contribution in [0.25, 0.3) is 0 Å². The molecule has 3 rings (SSSR count). The second-order valence-corrected chi connectivity index (χ2v) is 6.90. The second-order valence-electron chi connectivity index (χ2n) is 6.05. The third-order valence-electron chi connectivity index (χ3n) is 3.97. The summed E-state index contributed by atoms with van der Waals surface area (Å²) < 4.78 is 6.66. The highest BCUT2D eigenvalue weighted by Crippen LogP contribution is 2.24. The van der Waals surface area contributed by atoms with E-state index in [1.54, 1.807) is 12.1 Å². The van der Waals surface area contributed by atoms with Gasteiger partial charge in [0.25, 0.3) is 5.91 Å². The predicted octanol–water partition coefficient (Wildman–Crippen LogP) is 5.63. The van der Waals surface area contributed by atoms with Crippen LogP contribution < -0.4 is 10.1 Å². The van der Waals surface area contributed by atoms with Crippen molar-refractivity contribution in [2.45, 2.75) is 13.3 Å². The highest BCUT2D eigenvalue weighted by Gasteiger charge is 2.09. The second kappa shape index (κ2) is 8.68. The summed E-state index contributed by atoms with van der Waals surface area (Å²) in [5, 5.41) is 2.92. The number of halogens is 1. The van der Waals surface area contributed by atoms with Gasteiger partial charge in [0, 0.05) is 16.5 Å². The first-order chi connectivity index (χ1) is 12.6. The minimum Gasteiger partial charge on any atom is -0.493 e. The molecule has 0 heterocycles. The van der Waals surface area contributed by atoms with Gasteiger partial charge in [-0.3, -0.25) is 4.79 Å². The van der Waals surface area contributed by atoms with Crippen LogP contribution in [0.2, 0.25) is 0 Å². The van der Waals surface area contributed by atoms with Crippen molar-refractivity contribution in [3.63, 3.8) is 0 Å². The van der Waals surface area contributed by atoms with E-state index in [9.17, 15) is 4.79 Å². The molecule has 0 bridgehead atoms. The summed E-state index contributed by atoms with van der Waals surface area (Å²) in [5.41, 5.74) is 3.67. The molecule has 3 aromatic rings. The van der Waals surface area contributed by atoms with Gasteiger partial charge in [0.1, 0.15) is 5.75 Å². The first-order valence-corrected chi connectivity index (χ1v) is 9.25. The molecule has 0 atom stereocenters. The fraction of sp³-hybridized carbons (Fsp3) is 0.136. The number of rotatable bonds is 6. The quantitative estimate of drug-likeness (QED) is 0.572. The number of anilines is 1. The number of hydrogen-bond acceptors (Lipinski definition) is 2. The lowest BCUT2D eigenvalue weighted by Crippen LogP contribution is -2.12. The number of ether oxygens (including phenoxy) is 1. The first kappa shape index (κ1) is 18.2. The summed E-state index contributed by atoms with van der Waals surface area (Å²) in [4.78, 5) is 12.5.